The van der Waals surface area contributed by atoms with Gasteiger partial charge in [-0.25, -0.2) is 0 Å². The van der Waals surface area contributed by atoms with E-state index in [1.54, 1.807) is 21.3 Å². The van der Waals surface area contributed by atoms with Crippen molar-refractivity contribution in [3.8, 4) is 17.2 Å². The zero-order valence-electron chi connectivity index (χ0n) is 11.0. The largest absolute Gasteiger partial charge is 0.493 e. The van der Waals surface area contributed by atoms with Crippen LogP contribution in [0.1, 0.15) is 19.4 Å². The normalized spacial score (nSPS) is 11.2. The average Bonchev–Trinajstić information content (AvgIpc) is 2.36. The molecule has 0 heterocycles. The molecule has 0 saturated carbocycles. The molecule has 3 nitrogen and oxygen atoms in total. The van der Waals surface area contributed by atoms with Crippen LogP contribution in [0.25, 0.3) is 0 Å². The predicted octanol–water partition coefficient (Wildman–Crippen LogP) is 2.92. The smallest absolute Gasteiger partial charge is 0.203 e. The first-order valence-corrected chi connectivity index (χ1v) is 6.04. The molecule has 0 fully saturated rings. The van der Waals surface area contributed by atoms with E-state index in [1.807, 2.05) is 12.1 Å². The second kappa shape index (κ2) is 5.54. The number of rotatable bonds is 5. The Labute approximate surface area is 108 Å². The first kappa shape index (κ1) is 14.0. The van der Waals surface area contributed by atoms with Crippen LogP contribution in [-0.4, -0.2) is 27.1 Å². The fourth-order valence-corrected chi connectivity index (χ4v) is 1.75. The highest BCUT2D eigenvalue weighted by Gasteiger charge is 2.23. The Balaban J connectivity index is 3.37. The number of methoxy groups -OCH3 is 3. The molecule has 0 bridgehead atoms. The van der Waals surface area contributed by atoms with Crippen molar-refractivity contribution in [2.75, 3.05) is 27.1 Å². The van der Waals surface area contributed by atoms with E-state index in [-0.39, 0.29) is 5.41 Å². The van der Waals surface area contributed by atoms with Gasteiger partial charge in [0.2, 0.25) is 5.75 Å². The van der Waals surface area contributed by atoms with Crippen molar-refractivity contribution in [3.63, 3.8) is 0 Å². The molecule has 1 aromatic rings. The van der Waals surface area contributed by atoms with E-state index in [9.17, 15) is 0 Å². The highest BCUT2D eigenvalue weighted by molar-refractivity contribution is 7.80. The molecule has 0 atom stereocenters. The molecular formula is C13H20O3S. The van der Waals surface area contributed by atoms with Crippen molar-refractivity contribution < 1.29 is 14.2 Å². The average molecular weight is 256 g/mol. The zero-order valence-corrected chi connectivity index (χ0v) is 11.9. The summed E-state index contributed by atoms with van der Waals surface area (Å²) in [6.45, 7) is 4.25. The molecule has 0 aliphatic rings. The number of benzene rings is 1. The number of ether oxygens (including phenoxy) is 3. The Hall–Kier alpha value is -1.03. The summed E-state index contributed by atoms with van der Waals surface area (Å²) in [6, 6.07) is 3.94. The minimum absolute atomic E-state index is 0.0457. The van der Waals surface area contributed by atoms with E-state index >= 15 is 0 Å². The van der Waals surface area contributed by atoms with Gasteiger partial charge in [0, 0.05) is 0 Å². The van der Waals surface area contributed by atoms with Gasteiger partial charge in [0.15, 0.2) is 11.5 Å². The van der Waals surface area contributed by atoms with Gasteiger partial charge in [0.1, 0.15) is 0 Å². The molecule has 96 valence electrons. The third-order valence-electron chi connectivity index (χ3n) is 2.84. The van der Waals surface area contributed by atoms with Crippen LogP contribution < -0.4 is 14.2 Å². The van der Waals surface area contributed by atoms with Gasteiger partial charge in [-0.05, 0) is 28.9 Å². The monoisotopic (exact) mass is 256 g/mol. The van der Waals surface area contributed by atoms with Crippen LogP contribution in [0.15, 0.2) is 12.1 Å². The topological polar surface area (TPSA) is 27.7 Å². The maximum Gasteiger partial charge on any atom is 0.203 e. The van der Waals surface area contributed by atoms with E-state index in [4.69, 9.17) is 14.2 Å². The molecule has 1 aromatic carbocycles. The highest BCUT2D eigenvalue weighted by Crippen LogP contribution is 2.41. The Morgan fingerprint density at radius 2 is 1.47 bits per heavy atom. The van der Waals surface area contributed by atoms with Gasteiger partial charge in [0.05, 0.1) is 21.3 Å². The lowest BCUT2D eigenvalue weighted by molar-refractivity contribution is 0.322. The summed E-state index contributed by atoms with van der Waals surface area (Å²) in [4.78, 5) is 0. The number of thiol groups is 1. The minimum Gasteiger partial charge on any atom is -0.493 e. The van der Waals surface area contributed by atoms with Crippen LogP contribution in [-0.2, 0) is 5.41 Å². The lowest BCUT2D eigenvalue weighted by Crippen LogP contribution is -2.19. The van der Waals surface area contributed by atoms with Crippen LogP contribution >= 0.6 is 12.6 Å². The van der Waals surface area contributed by atoms with Gasteiger partial charge in [0.25, 0.3) is 0 Å². The standard InChI is InChI=1S/C13H20O3S/c1-13(2,8-17)9-6-10(14-3)12(16-5)11(7-9)15-4/h6-7,17H,8H2,1-5H3. The molecule has 0 aliphatic carbocycles. The van der Waals surface area contributed by atoms with E-state index in [0.717, 1.165) is 11.3 Å². The Morgan fingerprint density at radius 3 is 1.76 bits per heavy atom. The molecule has 0 aliphatic heterocycles. The van der Waals surface area contributed by atoms with Crippen LogP contribution in [0.3, 0.4) is 0 Å². The molecule has 4 heteroatoms. The van der Waals surface area contributed by atoms with Gasteiger partial charge >= 0.3 is 0 Å². The van der Waals surface area contributed by atoms with E-state index in [0.29, 0.717) is 17.2 Å². The van der Waals surface area contributed by atoms with Gasteiger partial charge in [-0.1, -0.05) is 13.8 Å². The summed E-state index contributed by atoms with van der Waals surface area (Å²) in [5.41, 5.74) is 1.07. The summed E-state index contributed by atoms with van der Waals surface area (Å²) in [5.74, 6) is 2.72. The fraction of sp³-hybridized carbons (Fsp3) is 0.538. The fourth-order valence-electron chi connectivity index (χ4n) is 1.56. The third kappa shape index (κ3) is 2.80. The summed E-state index contributed by atoms with van der Waals surface area (Å²) in [5, 5.41) is 0. The lowest BCUT2D eigenvalue weighted by atomic mass is 9.86. The van der Waals surface area contributed by atoms with Crippen molar-refractivity contribution in [2.24, 2.45) is 0 Å². The minimum atomic E-state index is -0.0457. The quantitative estimate of drug-likeness (QED) is 0.821. The maximum absolute atomic E-state index is 5.33. The third-order valence-corrected chi connectivity index (χ3v) is 3.63. The maximum atomic E-state index is 5.33. The Bertz CT molecular complexity index is 363. The molecule has 0 spiro atoms. The predicted molar refractivity (Wildman–Crippen MR) is 73.0 cm³/mol. The van der Waals surface area contributed by atoms with Gasteiger partial charge in [-0.2, -0.15) is 12.6 Å². The summed E-state index contributed by atoms with van der Waals surface area (Å²) in [6.07, 6.45) is 0. The first-order chi connectivity index (χ1) is 8.00. The first-order valence-electron chi connectivity index (χ1n) is 5.41. The van der Waals surface area contributed by atoms with Crippen molar-refractivity contribution in [2.45, 2.75) is 19.3 Å². The Morgan fingerprint density at radius 1 is 1.00 bits per heavy atom. The molecular weight excluding hydrogens is 236 g/mol. The van der Waals surface area contributed by atoms with Crippen LogP contribution in [0, 0.1) is 0 Å². The SMILES string of the molecule is COc1cc(C(C)(C)CS)cc(OC)c1OC. The molecule has 0 aromatic heterocycles. The van der Waals surface area contributed by atoms with Crippen molar-refractivity contribution in [1.29, 1.82) is 0 Å². The second-order valence-electron chi connectivity index (χ2n) is 4.46. The molecule has 0 N–H and O–H groups in total. The van der Waals surface area contributed by atoms with Crippen molar-refractivity contribution >= 4 is 12.6 Å². The van der Waals surface area contributed by atoms with Gasteiger partial charge < -0.3 is 14.2 Å². The van der Waals surface area contributed by atoms with Gasteiger partial charge in [-0.3, -0.25) is 0 Å². The number of hydrogen-bond donors (Lipinski definition) is 1. The molecule has 0 amide bonds. The second-order valence-corrected chi connectivity index (χ2v) is 4.77. The number of hydrogen-bond acceptors (Lipinski definition) is 4. The van der Waals surface area contributed by atoms with E-state index in [1.165, 1.54) is 0 Å². The molecule has 0 unspecified atom stereocenters. The van der Waals surface area contributed by atoms with Crippen molar-refractivity contribution in [3.05, 3.63) is 17.7 Å². The lowest BCUT2D eigenvalue weighted by Gasteiger charge is -2.25. The molecule has 0 saturated heterocycles. The Kier molecular flexibility index (Phi) is 4.57. The summed E-state index contributed by atoms with van der Waals surface area (Å²) in [7, 11) is 4.84. The van der Waals surface area contributed by atoms with Crippen LogP contribution in [0.2, 0.25) is 0 Å². The molecule has 1 rings (SSSR count). The summed E-state index contributed by atoms with van der Waals surface area (Å²) >= 11 is 4.38. The van der Waals surface area contributed by atoms with Crippen LogP contribution in [0.5, 0.6) is 17.2 Å². The van der Waals surface area contributed by atoms with Gasteiger partial charge in [-0.15, -0.1) is 0 Å². The summed E-state index contributed by atoms with van der Waals surface area (Å²) < 4.78 is 15.9. The highest BCUT2D eigenvalue weighted by atomic mass is 32.1. The van der Waals surface area contributed by atoms with Crippen LogP contribution in [0.4, 0.5) is 0 Å². The van der Waals surface area contributed by atoms with E-state index in [2.05, 4.69) is 26.5 Å². The zero-order chi connectivity index (χ0) is 13.1. The molecule has 0 radical (unpaired) electrons. The molecule has 17 heavy (non-hydrogen) atoms. The van der Waals surface area contributed by atoms with E-state index < -0.39 is 0 Å². The van der Waals surface area contributed by atoms with Crippen molar-refractivity contribution in [1.82, 2.24) is 0 Å².